The SMILES string of the molecule is Cc1c(COc2cc(OCc3cncc(C#N)c3)c(CNC3CC(C)OC3=O)cc2Cl)cccc1-c1cccc(OCC2CCCN(C)C2)c1Cl. The lowest BCUT2D eigenvalue weighted by molar-refractivity contribution is -0.142. The molecule has 0 spiro atoms. The number of pyridine rings is 1. The van der Waals surface area contributed by atoms with E-state index < -0.39 is 6.04 Å². The largest absolute Gasteiger partial charge is 0.492 e. The second-order valence-electron chi connectivity index (χ2n) is 13.4. The van der Waals surface area contributed by atoms with E-state index in [9.17, 15) is 10.1 Å². The lowest BCUT2D eigenvalue weighted by Crippen LogP contribution is -2.34. The molecule has 2 aliphatic rings. The van der Waals surface area contributed by atoms with Gasteiger partial charge in [-0.1, -0.05) is 53.5 Å². The molecule has 11 heteroatoms. The van der Waals surface area contributed by atoms with E-state index in [2.05, 4.69) is 41.3 Å². The van der Waals surface area contributed by atoms with Crippen LogP contribution in [0.4, 0.5) is 0 Å². The van der Waals surface area contributed by atoms with Crippen LogP contribution in [0.2, 0.25) is 10.0 Å². The molecule has 0 amide bonds. The minimum atomic E-state index is -0.422. The molecule has 1 aromatic heterocycles. The lowest BCUT2D eigenvalue weighted by atomic mass is 9.96. The molecule has 9 nitrogen and oxygen atoms in total. The van der Waals surface area contributed by atoms with Gasteiger partial charge in [0.1, 0.15) is 48.7 Å². The number of ether oxygens (including phenoxy) is 4. The van der Waals surface area contributed by atoms with Gasteiger partial charge in [0.25, 0.3) is 0 Å². The van der Waals surface area contributed by atoms with Gasteiger partial charge in [-0.2, -0.15) is 5.26 Å². The smallest absolute Gasteiger partial charge is 0.323 e. The van der Waals surface area contributed by atoms with E-state index in [1.165, 1.54) is 12.6 Å². The summed E-state index contributed by atoms with van der Waals surface area (Å²) in [7, 11) is 2.15. The Kier molecular flexibility index (Phi) is 12.0. The molecule has 2 fully saturated rings. The second kappa shape index (κ2) is 16.8. The van der Waals surface area contributed by atoms with Gasteiger partial charge in [-0.05, 0) is 75.2 Å². The fourth-order valence-corrected chi connectivity index (χ4v) is 7.16. The van der Waals surface area contributed by atoms with Crippen molar-refractivity contribution < 1.29 is 23.7 Å². The van der Waals surface area contributed by atoms with E-state index in [4.69, 9.17) is 42.1 Å². The summed E-state index contributed by atoms with van der Waals surface area (Å²) < 4.78 is 24.1. The number of hydrogen-bond donors (Lipinski definition) is 1. The molecule has 4 aromatic rings. The van der Waals surface area contributed by atoms with Gasteiger partial charge in [0.05, 0.1) is 22.2 Å². The average molecular weight is 730 g/mol. The third kappa shape index (κ3) is 9.13. The minimum Gasteiger partial charge on any atom is -0.492 e. The Bertz CT molecular complexity index is 1910. The maximum absolute atomic E-state index is 12.3. The maximum Gasteiger partial charge on any atom is 0.323 e. The van der Waals surface area contributed by atoms with E-state index in [1.54, 1.807) is 24.4 Å². The van der Waals surface area contributed by atoms with Crippen LogP contribution in [0, 0.1) is 24.2 Å². The molecule has 3 unspecified atom stereocenters. The molecule has 2 saturated heterocycles. The number of hydrogen-bond acceptors (Lipinski definition) is 9. The van der Waals surface area contributed by atoms with Crippen molar-refractivity contribution in [1.82, 2.24) is 15.2 Å². The molecular weight excluding hydrogens is 687 g/mol. The Morgan fingerprint density at radius 1 is 1.00 bits per heavy atom. The molecule has 0 aliphatic carbocycles. The summed E-state index contributed by atoms with van der Waals surface area (Å²) in [6.07, 6.45) is 5.93. The molecular formula is C40H42Cl2N4O5. The normalized spacial score (nSPS) is 19.0. The molecule has 0 bridgehead atoms. The number of benzene rings is 3. The number of halogens is 2. The van der Waals surface area contributed by atoms with Crippen molar-refractivity contribution in [2.75, 3.05) is 26.7 Å². The predicted molar refractivity (Wildman–Crippen MR) is 197 cm³/mol. The highest BCUT2D eigenvalue weighted by Gasteiger charge is 2.31. The summed E-state index contributed by atoms with van der Waals surface area (Å²) in [6.45, 7) is 7.46. The zero-order valence-electron chi connectivity index (χ0n) is 29.1. The standard InChI is InChI=1S/C40H42Cl2N4O5/c1-25-13-35(40(47)51-25)45-20-31-15-34(41)38(16-37(31)49-23-29-14-28(17-43)18-44-19-29)50-24-30-8-4-9-32(26(30)2)33-10-5-11-36(39(33)42)48-22-27-7-6-12-46(3)21-27/h4-5,8-11,14-16,18-19,25,27,35,45H,6-7,12-13,20-24H2,1-3H3. The zero-order chi connectivity index (χ0) is 35.9. The molecule has 0 radical (unpaired) electrons. The van der Waals surface area contributed by atoms with E-state index in [0.29, 0.717) is 58.3 Å². The molecule has 51 heavy (non-hydrogen) atoms. The topological polar surface area (TPSA) is 106 Å². The van der Waals surface area contributed by atoms with E-state index in [1.807, 2.05) is 37.3 Å². The minimum absolute atomic E-state index is 0.144. The number of rotatable bonds is 13. The number of cyclic esters (lactones) is 1. The first-order chi connectivity index (χ1) is 24.7. The van der Waals surface area contributed by atoms with Crippen LogP contribution in [0.3, 0.4) is 0 Å². The van der Waals surface area contributed by atoms with Crippen molar-refractivity contribution in [3.63, 3.8) is 0 Å². The maximum atomic E-state index is 12.3. The zero-order valence-corrected chi connectivity index (χ0v) is 30.6. The number of piperidine rings is 1. The first-order valence-electron chi connectivity index (χ1n) is 17.2. The Morgan fingerprint density at radius 2 is 1.80 bits per heavy atom. The van der Waals surface area contributed by atoms with Gasteiger partial charge in [0.15, 0.2) is 0 Å². The van der Waals surface area contributed by atoms with Crippen LogP contribution in [-0.2, 0) is 29.3 Å². The Hall–Kier alpha value is -4.33. The number of carbonyl (C=O) groups excluding carboxylic acids is 1. The van der Waals surface area contributed by atoms with E-state index >= 15 is 0 Å². The van der Waals surface area contributed by atoms with Crippen LogP contribution in [-0.4, -0.2) is 54.7 Å². The van der Waals surface area contributed by atoms with E-state index in [0.717, 1.165) is 52.9 Å². The summed E-state index contributed by atoms with van der Waals surface area (Å²) in [5.74, 6) is 1.86. The highest BCUT2D eigenvalue weighted by atomic mass is 35.5. The average Bonchev–Trinajstić information content (AvgIpc) is 3.46. The number of nitrogens with zero attached hydrogens (tertiary/aromatic N) is 3. The van der Waals surface area contributed by atoms with Gasteiger partial charge in [0.2, 0.25) is 0 Å². The van der Waals surface area contributed by atoms with Crippen LogP contribution >= 0.6 is 23.2 Å². The predicted octanol–water partition coefficient (Wildman–Crippen LogP) is 7.91. The second-order valence-corrected chi connectivity index (χ2v) is 14.2. The van der Waals surface area contributed by atoms with Crippen LogP contribution in [0.1, 0.15) is 54.0 Å². The third-order valence-electron chi connectivity index (χ3n) is 9.42. The molecule has 3 atom stereocenters. The van der Waals surface area contributed by atoms with Crippen LogP contribution < -0.4 is 19.5 Å². The monoisotopic (exact) mass is 728 g/mol. The summed E-state index contributed by atoms with van der Waals surface area (Å²) >= 11 is 13.8. The fraction of sp³-hybridized carbons (Fsp3) is 0.375. The van der Waals surface area contributed by atoms with Gasteiger partial charge in [-0.25, -0.2) is 0 Å². The van der Waals surface area contributed by atoms with Crippen molar-refractivity contribution >= 4 is 29.2 Å². The van der Waals surface area contributed by atoms with Gasteiger partial charge in [0, 0.05) is 60.6 Å². The third-order valence-corrected chi connectivity index (χ3v) is 10.1. The first-order valence-corrected chi connectivity index (χ1v) is 18.0. The molecule has 0 saturated carbocycles. The molecule has 2 aliphatic heterocycles. The highest BCUT2D eigenvalue weighted by Crippen LogP contribution is 2.39. The van der Waals surface area contributed by atoms with Gasteiger partial charge in [-0.15, -0.1) is 0 Å². The van der Waals surface area contributed by atoms with Crippen molar-refractivity contribution in [1.29, 1.82) is 5.26 Å². The highest BCUT2D eigenvalue weighted by molar-refractivity contribution is 6.35. The van der Waals surface area contributed by atoms with E-state index in [-0.39, 0.29) is 25.3 Å². The van der Waals surface area contributed by atoms with Gasteiger partial charge in [-0.3, -0.25) is 9.78 Å². The molecule has 3 aromatic carbocycles. The fourth-order valence-electron chi connectivity index (χ4n) is 6.64. The summed E-state index contributed by atoms with van der Waals surface area (Å²) in [4.78, 5) is 18.8. The van der Waals surface area contributed by atoms with Gasteiger partial charge < -0.3 is 29.2 Å². The number of nitriles is 1. The summed E-state index contributed by atoms with van der Waals surface area (Å²) in [6, 6.07) is 18.9. The molecule has 266 valence electrons. The number of carbonyl (C=O) groups is 1. The Labute approximate surface area is 309 Å². The molecule has 1 N–H and O–H groups in total. The Balaban J connectivity index is 1.19. The number of likely N-dealkylation sites (tertiary alicyclic amines) is 1. The number of nitrogens with one attached hydrogen (secondary N) is 1. The van der Waals surface area contributed by atoms with Crippen molar-refractivity contribution in [2.24, 2.45) is 5.92 Å². The van der Waals surface area contributed by atoms with Crippen molar-refractivity contribution in [2.45, 2.75) is 65.0 Å². The first kappa shape index (κ1) is 36.5. The van der Waals surface area contributed by atoms with Crippen LogP contribution in [0.15, 0.2) is 67.0 Å². The number of esters is 1. The van der Waals surface area contributed by atoms with Crippen molar-refractivity contribution in [3.05, 3.63) is 105 Å². The quantitative estimate of drug-likeness (QED) is 0.138. The van der Waals surface area contributed by atoms with Crippen LogP contribution in [0.5, 0.6) is 17.2 Å². The lowest BCUT2D eigenvalue weighted by Gasteiger charge is -2.29. The Morgan fingerprint density at radius 3 is 2.59 bits per heavy atom. The summed E-state index contributed by atoms with van der Waals surface area (Å²) in [5, 5.41) is 13.6. The molecule has 3 heterocycles. The van der Waals surface area contributed by atoms with Gasteiger partial charge >= 0.3 is 5.97 Å². The van der Waals surface area contributed by atoms with Crippen molar-refractivity contribution in [3.8, 4) is 34.4 Å². The van der Waals surface area contributed by atoms with Crippen LogP contribution in [0.25, 0.3) is 11.1 Å². The number of aromatic nitrogens is 1. The molecule has 6 rings (SSSR count). The summed E-state index contributed by atoms with van der Waals surface area (Å²) in [5.41, 5.74) is 5.82.